The Hall–Kier alpha value is -1.50. The summed E-state index contributed by atoms with van der Waals surface area (Å²) in [6.45, 7) is 5.96. The van der Waals surface area contributed by atoms with Crippen LogP contribution in [0.5, 0.6) is 5.75 Å². The van der Waals surface area contributed by atoms with Crippen LogP contribution < -0.4 is 10.5 Å². The maximum atomic E-state index is 5.50. The maximum absolute atomic E-state index is 5.50. The molecule has 0 saturated carbocycles. The first kappa shape index (κ1) is 15.9. The largest absolute Gasteiger partial charge is 0.497 e. The molecular weight excluding hydrogens is 260 g/mol. The molecule has 3 heteroatoms. The second-order valence-electron chi connectivity index (χ2n) is 5.83. The summed E-state index contributed by atoms with van der Waals surface area (Å²) in [6, 6.07) is 7.35. The number of hydrogen-bond acceptors (Lipinski definition) is 3. The molecule has 2 N–H and O–H groups in total. The van der Waals surface area contributed by atoms with E-state index in [1.54, 1.807) is 7.11 Å². The van der Waals surface area contributed by atoms with Crippen LogP contribution in [0.3, 0.4) is 0 Å². The molecule has 1 saturated heterocycles. The van der Waals surface area contributed by atoms with Crippen molar-refractivity contribution in [1.29, 1.82) is 0 Å². The first-order chi connectivity index (χ1) is 10.2. The van der Waals surface area contributed by atoms with E-state index < -0.39 is 0 Å². The Bertz CT molecular complexity index is 520. The molecule has 0 aliphatic carbocycles. The van der Waals surface area contributed by atoms with Crippen molar-refractivity contribution in [1.82, 2.24) is 4.90 Å². The summed E-state index contributed by atoms with van der Waals surface area (Å²) >= 11 is 0. The van der Waals surface area contributed by atoms with E-state index in [0.717, 1.165) is 17.9 Å². The van der Waals surface area contributed by atoms with Crippen LogP contribution >= 0.6 is 0 Å². The second-order valence-corrected chi connectivity index (χ2v) is 5.83. The topological polar surface area (TPSA) is 38.5 Å². The maximum Gasteiger partial charge on any atom is 0.119 e. The van der Waals surface area contributed by atoms with E-state index in [-0.39, 0.29) is 0 Å². The molecule has 0 bridgehead atoms. The fraction of sp³-hybridized carbons (Fsp3) is 0.556. The van der Waals surface area contributed by atoms with Crippen LogP contribution in [0, 0.1) is 11.8 Å². The van der Waals surface area contributed by atoms with Gasteiger partial charge in [0.2, 0.25) is 0 Å². The van der Waals surface area contributed by atoms with Crippen LogP contribution in [0.2, 0.25) is 0 Å². The third-order valence-corrected chi connectivity index (χ3v) is 4.37. The zero-order valence-corrected chi connectivity index (χ0v) is 13.4. The normalized spacial score (nSPS) is 22.5. The molecule has 114 valence electrons. The minimum absolute atomic E-state index is 0.391. The van der Waals surface area contributed by atoms with Gasteiger partial charge in [0.1, 0.15) is 5.75 Å². The zero-order chi connectivity index (χ0) is 15.2. The Morgan fingerprint density at radius 1 is 1.29 bits per heavy atom. The van der Waals surface area contributed by atoms with Crippen molar-refractivity contribution in [3.63, 3.8) is 0 Å². The third-order valence-electron chi connectivity index (χ3n) is 4.37. The Morgan fingerprint density at radius 3 is 2.62 bits per heavy atom. The molecule has 0 amide bonds. The summed E-state index contributed by atoms with van der Waals surface area (Å²) < 4.78 is 5.37. The second kappa shape index (κ2) is 7.49. The smallest absolute Gasteiger partial charge is 0.119 e. The Labute approximate surface area is 128 Å². The van der Waals surface area contributed by atoms with Gasteiger partial charge in [0, 0.05) is 24.2 Å². The minimum atomic E-state index is 0.391. The molecular formula is C18H26N2O. The van der Waals surface area contributed by atoms with E-state index in [1.165, 1.54) is 24.8 Å². The van der Waals surface area contributed by atoms with Gasteiger partial charge in [0.05, 0.1) is 13.7 Å². The lowest BCUT2D eigenvalue weighted by Gasteiger charge is -2.39. The fourth-order valence-electron chi connectivity index (χ4n) is 3.08. The van der Waals surface area contributed by atoms with Crippen molar-refractivity contribution in [2.75, 3.05) is 13.7 Å². The molecule has 1 aromatic rings. The van der Waals surface area contributed by atoms with Crippen LogP contribution in [-0.4, -0.2) is 30.6 Å². The van der Waals surface area contributed by atoms with Crippen molar-refractivity contribution >= 4 is 0 Å². The first-order valence-electron chi connectivity index (χ1n) is 7.77. The summed E-state index contributed by atoms with van der Waals surface area (Å²) in [5.41, 5.74) is 7.80. The van der Waals surface area contributed by atoms with Crippen molar-refractivity contribution in [2.24, 2.45) is 5.73 Å². The van der Waals surface area contributed by atoms with Gasteiger partial charge < -0.3 is 10.5 Å². The molecule has 1 aliphatic heterocycles. The van der Waals surface area contributed by atoms with Crippen LogP contribution in [0.1, 0.15) is 44.2 Å². The van der Waals surface area contributed by atoms with Gasteiger partial charge in [-0.3, -0.25) is 4.90 Å². The number of nitrogens with two attached hydrogens (primary N) is 1. The molecule has 1 fully saturated rings. The number of benzene rings is 1. The van der Waals surface area contributed by atoms with Gasteiger partial charge >= 0.3 is 0 Å². The van der Waals surface area contributed by atoms with E-state index in [4.69, 9.17) is 10.5 Å². The molecule has 0 spiro atoms. The van der Waals surface area contributed by atoms with Crippen LogP contribution in [-0.2, 0) is 6.54 Å². The molecule has 1 aromatic carbocycles. The summed E-state index contributed by atoms with van der Waals surface area (Å²) in [7, 11) is 1.70. The highest BCUT2D eigenvalue weighted by atomic mass is 16.5. The number of methoxy groups -OCH3 is 1. The van der Waals surface area contributed by atoms with Crippen LogP contribution in [0.15, 0.2) is 18.2 Å². The number of nitrogens with zero attached hydrogens (tertiary/aromatic N) is 1. The van der Waals surface area contributed by atoms with Gasteiger partial charge in [-0.05, 0) is 50.5 Å². The zero-order valence-electron chi connectivity index (χ0n) is 13.4. The fourth-order valence-corrected chi connectivity index (χ4v) is 3.08. The summed E-state index contributed by atoms with van der Waals surface area (Å²) in [4.78, 5) is 2.58. The van der Waals surface area contributed by atoms with E-state index >= 15 is 0 Å². The highest BCUT2D eigenvalue weighted by Crippen LogP contribution is 2.27. The van der Waals surface area contributed by atoms with E-state index in [0.29, 0.717) is 18.6 Å². The van der Waals surface area contributed by atoms with Crippen molar-refractivity contribution in [3.8, 4) is 17.6 Å². The number of likely N-dealkylation sites (tertiary alicyclic amines) is 1. The number of ether oxygens (including phenoxy) is 1. The lowest BCUT2D eigenvalue weighted by atomic mass is 9.96. The van der Waals surface area contributed by atoms with Gasteiger partial charge in [-0.15, -0.1) is 0 Å². The molecule has 21 heavy (non-hydrogen) atoms. The molecule has 1 heterocycles. The summed E-state index contributed by atoms with van der Waals surface area (Å²) in [5.74, 6) is 7.04. The quantitative estimate of drug-likeness (QED) is 0.868. The lowest BCUT2D eigenvalue weighted by Crippen LogP contribution is -2.43. The van der Waals surface area contributed by atoms with Crippen LogP contribution in [0.4, 0.5) is 0 Å². The molecule has 0 radical (unpaired) electrons. The summed E-state index contributed by atoms with van der Waals surface area (Å²) in [5, 5.41) is 0. The van der Waals surface area contributed by atoms with Crippen molar-refractivity contribution < 1.29 is 4.74 Å². The highest BCUT2D eigenvalue weighted by molar-refractivity contribution is 5.45. The van der Waals surface area contributed by atoms with Gasteiger partial charge in [0.15, 0.2) is 0 Å². The van der Waals surface area contributed by atoms with Gasteiger partial charge in [0.25, 0.3) is 0 Å². The van der Waals surface area contributed by atoms with E-state index in [2.05, 4.69) is 36.7 Å². The number of hydrogen-bond donors (Lipinski definition) is 1. The lowest BCUT2D eigenvalue weighted by molar-refractivity contribution is 0.0951. The molecule has 0 unspecified atom stereocenters. The minimum Gasteiger partial charge on any atom is -0.497 e. The molecule has 2 rings (SSSR count). The van der Waals surface area contributed by atoms with Gasteiger partial charge in [-0.2, -0.15) is 0 Å². The van der Waals surface area contributed by atoms with Gasteiger partial charge in [-0.25, -0.2) is 0 Å². The number of rotatable bonds is 3. The molecule has 1 aliphatic rings. The Balaban J connectivity index is 2.27. The average molecular weight is 286 g/mol. The standard InChI is InChI=1S/C18H26N2O/c1-14-6-4-7-15(2)20(14)13-17-12-18(21-3)10-9-16(17)8-5-11-19/h9-10,12,14-15H,4,6-7,11,13,19H2,1-3H3/t14-,15+. The molecule has 0 aromatic heterocycles. The summed E-state index contributed by atoms with van der Waals surface area (Å²) in [6.07, 6.45) is 3.88. The highest BCUT2D eigenvalue weighted by Gasteiger charge is 2.25. The van der Waals surface area contributed by atoms with Crippen LogP contribution in [0.25, 0.3) is 0 Å². The van der Waals surface area contributed by atoms with E-state index in [9.17, 15) is 0 Å². The predicted molar refractivity (Wildman–Crippen MR) is 87.2 cm³/mol. The monoisotopic (exact) mass is 286 g/mol. The Kier molecular flexibility index (Phi) is 5.67. The van der Waals surface area contributed by atoms with Crippen molar-refractivity contribution in [3.05, 3.63) is 29.3 Å². The van der Waals surface area contributed by atoms with E-state index in [1.807, 2.05) is 12.1 Å². The first-order valence-corrected chi connectivity index (χ1v) is 7.77. The predicted octanol–water partition coefficient (Wildman–Crippen LogP) is 2.77. The Morgan fingerprint density at radius 2 is 2.00 bits per heavy atom. The number of piperidine rings is 1. The van der Waals surface area contributed by atoms with Gasteiger partial charge in [-0.1, -0.05) is 18.3 Å². The van der Waals surface area contributed by atoms with Crippen molar-refractivity contribution in [2.45, 2.75) is 51.7 Å². The molecule has 2 atom stereocenters. The molecule has 3 nitrogen and oxygen atoms in total. The average Bonchev–Trinajstić information content (AvgIpc) is 2.49. The third kappa shape index (κ3) is 4.00. The SMILES string of the molecule is COc1ccc(C#CCN)c(CN2[C@H](C)CCC[C@@H]2C)c1.